The van der Waals surface area contributed by atoms with Crippen LogP contribution in [0.15, 0.2) is 188 Å². The van der Waals surface area contributed by atoms with Crippen molar-refractivity contribution in [2.75, 3.05) is 0 Å². The highest BCUT2D eigenvalue weighted by atomic mass is 32.1. The molecule has 0 fully saturated rings. The zero-order valence-corrected chi connectivity index (χ0v) is 32.2. The zero-order chi connectivity index (χ0) is 37.5. The van der Waals surface area contributed by atoms with Crippen LogP contribution in [0.2, 0.25) is 0 Å². The number of rotatable bonds is 5. The van der Waals surface area contributed by atoms with E-state index in [-0.39, 0.29) is 0 Å². The van der Waals surface area contributed by atoms with Gasteiger partial charge in [0.2, 0.25) is 5.95 Å². The highest BCUT2D eigenvalue weighted by molar-refractivity contribution is 7.26. The van der Waals surface area contributed by atoms with Crippen LogP contribution in [0.5, 0.6) is 0 Å². The minimum absolute atomic E-state index is 0.647. The van der Waals surface area contributed by atoms with E-state index in [1.165, 1.54) is 73.4 Å². The number of hydrogen-bond acceptors (Lipinski definition) is 4. The van der Waals surface area contributed by atoms with Gasteiger partial charge in [0.15, 0.2) is 0 Å². The van der Waals surface area contributed by atoms with Crippen LogP contribution in [0.4, 0.5) is 0 Å². The first-order valence-electron chi connectivity index (χ1n) is 19.1. The van der Waals surface area contributed by atoms with Crippen molar-refractivity contribution in [2.24, 2.45) is 0 Å². The maximum atomic E-state index is 5.32. The Morgan fingerprint density at radius 2 is 0.772 bits per heavy atom. The van der Waals surface area contributed by atoms with E-state index in [9.17, 15) is 0 Å². The molecule has 0 saturated carbocycles. The maximum absolute atomic E-state index is 5.32. The van der Waals surface area contributed by atoms with Gasteiger partial charge in [-0.2, -0.15) is 0 Å². The fraction of sp³-hybridized carbons (Fsp3) is 0. The molecule has 0 radical (unpaired) electrons. The van der Waals surface area contributed by atoms with E-state index in [4.69, 9.17) is 9.97 Å². The van der Waals surface area contributed by atoms with Crippen molar-refractivity contribution in [1.82, 2.24) is 14.5 Å². The second-order valence-corrected chi connectivity index (χ2v) is 16.6. The first kappa shape index (κ1) is 32.3. The van der Waals surface area contributed by atoms with Crippen LogP contribution in [0, 0.1) is 0 Å². The van der Waals surface area contributed by atoms with Crippen LogP contribution in [0.3, 0.4) is 0 Å². The summed E-state index contributed by atoms with van der Waals surface area (Å²) in [6, 6.07) is 67.7. The number of nitrogens with zero attached hydrogens (tertiary/aromatic N) is 3. The predicted molar refractivity (Wildman–Crippen MR) is 244 cm³/mol. The van der Waals surface area contributed by atoms with Gasteiger partial charge in [0.1, 0.15) is 0 Å². The number of aromatic nitrogens is 3. The van der Waals surface area contributed by atoms with E-state index >= 15 is 0 Å². The molecular weight excluding hydrogens is 731 g/mol. The van der Waals surface area contributed by atoms with Gasteiger partial charge >= 0.3 is 0 Å². The summed E-state index contributed by atoms with van der Waals surface area (Å²) < 4.78 is 7.50. The van der Waals surface area contributed by atoms with Gasteiger partial charge in [0.25, 0.3) is 0 Å². The standard InChI is InChI=1S/C52H31N3S2/c1-3-13-32(14-4-1)44-31-45(33-15-5-2-6-16-33)54-52(53-44)55-46-27-25-34(36-19-11-21-40-38-17-7-9-23-48(38)56-50(36)40)29-42(46)43-30-35(26-28-47(43)55)37-20-12-22-41-39-18-8-10-24-49(39)57-51(37)41/h1-31H. The Balaban J connectivity index is 1.14. The summed E-state index contributed by atoms with van der Waals surface area (Å²) in [4.78, 5) is 10.6. The minimum atomic E-state index is 0.647. The Labute approximate surface area is 336 Å². The summed E-state index contributed by atoms with van der Waals surface area (Å²) >= 11 is 3.74. The van der Waals surface area contributed by atoms with Crippen LogP contribution >= 0.6 is 22.7 Å². The molecule has 4 aromatic heterocycles. The molecule has 0 amide bonds. The molecule has 8 aromatic carbocycles. The van der Waals surface area contributed by atoms with Crippen LogP contribution in [-0.2, 0) is 0 Å². The van der Waals surface area contributed by atoms with Crippen LogP contribution < -0.4 is 0 Å². The molecule has 3 nitrogen and oxygen atoms in total. The van der Waals surface area contributed by atoms with Gasteiger partial charge in [0, 0.05) is 62.2 Å². The lowest BCUT2D eigenvalue weighted by atomic mass is 9.98. The zero-order valence-electron chi connectivity index (χ0n) is 30.6. The lowest BCUT2D eigenvalue weighted by Gasteiger charge is -2.12. The van der Waals surface area contributed by atoms with Crippen molar-refractivity contribution in [3.05, 3.63) is 188 Å². The Hall–Kier alpha value is -6.92. The third-order valence-electron chi connectivity index (χ3n) is 11.2. The third-order valence-corrected chi connectivity index (χ3v) is 13.7. The number of hydrogen-bond donors (Lipinski definition) is 0. The summed E-state index contributed by atoms with van der Waals surface area (Å²) in [6.45, 7) is 0. The smallest absolute Gasteiger partial charge is 0.235 e. The van der Waals surface area contributed by atoms with Crippen molar-refractivity contribution in [3.63, 3.8) is 0 Å². The lowest BCUT2D eigenvalue weighted by Crippen LogP contribution is -2.04. The van der Waals surface area contributed by atoms with Gasteiger partial charge in [-0.15, -0.1) is 22.7 Å². The lowest BCUT2D eigenvalue weighted by molar-refractivity contribution is 0.996. The summed E-state index contributed by atoms with van der Waals surface area (Å²) in [7, 11) is 0. The summed E-state index contributed by atoms with van der Waals surface area (Å²) in [5.41, 5.74) is 10.9. The molecule has 0 bridgehead atoms. The third kappa shape index (κ3) is 5.17. The Kier molecular flexibility index (Phi) is 7.27. The van der Waals surface area contributed by atoms with Crippen LogP contribution in [0.1, 0.15) is 0 Å². The molecular formula is C52H31N3S2. The quantitative estimate of drug-likeness (QED) is 0.175. The Morgan fingerprint density at radius 1 is 0.333 bits per heavy atom. The van der Waals surface area contributed by atoms with Crippen LogP contribution in [-0.4, -0.2) is 14.5 Å². The second kappa shape index (κ2) is 12.8. The van der Waals surface area contributed by atoms with Gasteiger partial charge in [-0.3, -0.25) is 4.57 Å². The molecule has 5 heteroatoms. The average molecular weight is 762 g/mol. The molecule has 0 N–H and O–H groups in total. The van der Waals surface area contributed by atoms with Crippen molar-refractivity contribution >= 4 is 84.8 Å². The molecule has 12 rings (SSSR count). The van der Waals surface area contributed by atoms with E-state index in [1.807, 2.05) is 34.8 Å². The number of fused-ring (bicyclic) bond motifs is 9. The minimum Gasteiger partial charge on any atom is -0.278 e. The van der Waals surface area contributed by atoms with Gasteiger partial charge in [-0.25, -0.2) is 9.97 Å². The second-order valence-electron chi connectivity index (χ2n) is 14.5. The van der Waals surface area contributed by atoms with Gasteiger partial charge in [-0.1, -0.05) is 146 Å². The van der Waals surface area contributed by atoms with E-state index in [2.05, 4.69) is 180 Å². The number of benzene rings is 8. The first-order valence-corrected chi connectivity index (χ1v) is 20.8. The largest absolute Gasteiger partial charge is 0.278 e. The van der Waals surface area contributed by atoms with Crippen molar-refractivity contribution in [3.8, 4) is 50.7 Å². The van der Waals surface area contributed by atoms with E-state index in [1.54, 1.807) is 0 Å². The highest BCUT2D eigenvalue weighted by Gasteiger charge is 2.20. The SMILES string of the molecule is c1ccc(-c2cc(-c3ccccc3)nc(-n3c4ccc(-c5cccc6c5sc5ccccc56)cc4c4cc(-c5cccc6c5sc5ccccc56)ccc43)n2)cc1. The molecule has 0 atom stereocenters. The number of thiophene rings is 2. The van der Waals surface area contributed by atoms with E-state index in [0.29, 0.717) is 5.95 Å². The molecule has 266 valence electrons. The molecule has 0 spiro atoms. The monoisotopic (exact) mass is 761 g/mol. The predicted octanol–water partition coefficient (Wildman–Crippen LogP) is 15.0. The fourth-order valence-corrected chi connectivity index (χ4v) is 11.0. The fourth-order valence-electron chi connectivity index (χ4n) is 8.57. The van der Waals surface area contributed by atoms with E-state index < -0.39 is 0 Å². The highest BCUT2D eigenvalue weighted by Crippen LogP contribution is 2.44. The topological polar surface area (TPSA) is 30.7 Å². The van der Waals surface area contributed by atoms with Crippen LogP contribution in [0.25, 0.3) is 113 Å². The molecule has 4 heterocycles. The Bertz CT molecular complexity index is 3290. The first-order chi connectivity index (χ1) is 28.2. The summed E-state index contributed by atoms with van der Waals surface area (Å²) in [5, 5.41) is 7.55. The van der Waals surface area contributed by atoms with E-state index in [0.717, 1.165) is 33.5 Å². The average Bonchev–Trinajstić information content (AvgIpc) is 3.96. The Morgan fingerprint density at radius 3 is 1.26 bits per heavy atom. The molecule has 0 aliphatic heterocycles. The summed E-state index contributed by atoms with van der Waals surface area (Å²) in [5.74, 6) is 0.647. The molecule has 0 aliphatic carbocycles. The summed E-state index contributed by atoms with van der Waals surface area (Å²) in [6.07, 6.45) is 0. The van der Waals surface area contributed by atoms with Crippen molar-refractivity contribution in [2.45, 2.75) is 0 Å². The van der Waals surface area contributed by atoms with Gasteiger partial charge in [0.05, 0.1) is 22.4 Å². The van der Waals surface area contributed by atoms with Gasteiger partial charge in [-0.05, 0) is 64.7 Å². The molecule has 57 heavy (non-hydrogen) atoms. The maximum Gasteiger partial charge on any atom is 0.235 e. The van der Waals surface area contributed by atoms with Crippen molar-refractivity contribution < 1.29 is 0 Å². The molecule has 12 aromatic rings. The normalized spacial score (nSPS) is 11.9. The molecule has 0 aliphatic rings. The molecule has 0 saturated heterocycles. The molecule has 0 unspecified atom stereocenters. The van der Waals surface area contributed by atoms with Gasteiger partial charge < -0.3 is 0 Å². The van der Waals surface area contributed by atoms with Crippen molar-refractivity contribution in [1.29, 1.82) is 0 Å².